The zero-order valence-corrected chi connectivity index (χ0v) is 19.4. The fraction of sp³-hybridized carbons (Fsp3) is 0.250. The third kappa shape index (κ3) is 4.07. The molecule has 0 radical (unpaired) electrons. The molecule has 5 heteroatoms. The van der Waals surface area contributed by atoms with E-state index in [2.05, 4.69) is 27.8 Å². The van der Waals surface area contributed by atoms with Crippen molar-refractivity contribution in [3.05, 3.63) is 108 Å². The number of hydrogen-bond donors (Lipinski definition) is 0. The standard InChI is InChI=1S/C28H30N2O3/c1-4-31-25-16-10-7-13-22(25)28(30-20-19-29-21-30,23-14-8-11-17-26(23)32-5-2)24-15-9-12-18-27(24)33-6-3/h7-21H,4-6H2,1-3H3. The van der Waals surface area contributed by atoms with E-state index in [1.165, 1.54) is 0 Å². The highest BCUT2D eigenvalue weighted by Gasteiger charge is 2.44. The van der Waals surface area contributed by atoms with Crippen molar-refractivity contribution in [2.45, 2.75) is 26.3 Å². The van der Waals surface area contributed by atoms with Crippen LogP contribution >= 0.6 is 0 Å². The lowest BCUT2D eigenvalue weighted by Crippen LogP contribution is -2.38. The normalized spacial score (nSPS) is 11.2. The summed E-state index contributed by atoms with van der Waals surface area (Å²) >= 11 is 0. The van der Waals surface area contributed by atoms with Crippen molar-refractivity contribution in [2.24, 2.45) is 0 Å². The quantitative estimate of drug-likeness (QED) is 0.286. The highest BCUT2D eigenvalue weighted by molar-refractivity contribution is 5.62. The zero-order valence-electron chi connectivity index (χ0n) is 19.4. The first-order chi connectivity index (χ1) is 16.3. The van der Waals surface area contributed by atoms with Crippen LogP contribution in [-0.2, 0) is 5.54 Å². The van der Waals surface area contributed by atoms with Gasteiger partial charge in [0, 0.05) is 29.1 Å². The van der Waals surface area contributed by atoms with E-state index in [1.54, 1.807) is 6.20 Å². The summed E-state index contributed by atoms with van der Waals surface area (Å²) in [5, 5.41) is 0. The van der Waals surface area contributed by atoms with Crippen molar-refractivity contribution in [1.82, 2.24) is 9.55 Å². The smallest absolute Gasteiger partial charge is 0.132 e. The van der Waals surface area contributed by atoms with E-state index in [0.29, 0.717) is 19.8 Å². The van der Waals surface area contributed by atoms with E-state index >= 15 is 0 Å². The largest absolute Gasteiger partial charge is 0.493 e. The molecule has 0 spiro atoms. The number of nitrogens with zero attached hydrogens (tertiary/aromatic N) is 2. The Kier molecular flexibility index (Phi) is 6.98. The third-order valence-electron chi connectivity index (χ3n) is 5.62. The molecule has 5 nitrogen and oxygen atoms in total. The Morgan fingerprint density at radius 3 is 1.36 bits per heavy atom. The topological polar surface area (TPSA) is 45.5 Å². The van der Waals surface area contributed by atoms with E-state index in [0.717, 1.165) is 33.9 Å². The van der Waals surface area contributed by atoms with E-state index in [4.69, 9.17) is 14.2 Å². The molecule has 0 bridgehead atoms. The van der Waals surface area contributed by atoms with Crippen LogP contribution in [0.5, 0.6) is 17.2 Å². The van der Waals surface area contributed by atoms with Gasteiger partial charge in [0.2, 0.25) is 0 Å². The number of ether oxygens (including phenoxy) is 3. The maximum atomic E-state index is 6.17. The SMILES string of the molecule is CCOc1ccccc1C(c1ccccc1OCC)(c1ccccc1OCC)n1ccnc1. The average molecular weight is 443 g/mol. The second kappa shape index (κ2) is 10.3. The van der Waals surface area contributed by atoms with Crippen LogP contribution in [0.15, 0.2) is 91.5 Å². The van der Waals surface area contributed by atoms with Crippen LogP contribution in [0.4, 0.5) is 0 Å². The molecule has 4 aromatic rings. The molecule has 0 amide bonds. The Morgan fingerprint density at radius 1 is 0.636 bits per heavy atom. The average Bonchev–Trinajstić information content (AvgIpc) is 3.38. The highest BCUT2D eigenvalue weighted by atomic mass is 16.5. The molecule has 1 aromatic heterocycles. The summed E-state index contributed by atoms with van der Waals surface area (Å²) in [6.07, 6.45) is 5.62. The number of rotatable bonds is 10. The van der Waals surface area contributed by atoms with Gasteiger partial charge >= 0.3 is 0 Å². The Labute approximate surface area is 195 Å². The summed E-state index contributed by atoms with van der Waals surface area (Å²) in [6, 6.07) is 24.5. The second-order valence-electron chi connectivity index (χ2n) is 7.47. The van der Waals surface area contributed by atoms with Crippen LogP contribution in [-0.4, -0.2) is 29.4 Å². The number of imidazole rings is 1. The first-order valence-electron chi connectivity index (χ1n) is 11.4. The van der Waals surface area contributed by atoms with Gasteiger partial charge in [-0.25, -0.2) is 4.98 Å². The molecule has 0 unspecified atom stereocenters. The zero-order chi connectivity index (χ0) is 23.1. The first-order valence-corrected chi connectivity index (χ1v) is 11.4. The lowest BCUT2D eigenvalue weighted by molar-refractivity contribution is 0.307. The Morgan fingerprint density at radius 2 is 1.03 bits per heavy atom. The molecular weight excluding hydrogens is 412 g/mol. The fourth-order valence-electron chi connectivity index (χ4n) is 4.45. The molecule has 170 valence electrons. The van der Waals surface area contributed by atoms with E-state index in [9.17, 15) is 0 Å². The maximum absolute atomic E-state index is 6.17. The Hall–Kier alpha value is -3.73. The number of aromatic nitrogens is 2. The summed E-state index contributed by atoms with van der Waals surface area (Å²) in [6.45, 7) is 7.65. The number of hydrogen-bond acceptors (Lipinski definition) is 4. The van der Waals surface area contributed by atoms with Gasteiger partial charge in [0.15, 0.2) is 0 Å². The summed E-state index contributed by atoms with van der Waals surface area (Å²) < 4.78 is 20.6. The van der Waals surface area contributed by atoms with Crippen molar-refractivity contribution in [2.75, 3.05) is 19.8 Å². The summed E-state index contributed by atoms with van der Waals surface area (Å²) in [5.74, 6) is 2.39. The van der Waals surface area contributed by atoms with Crippen LogP contribution in [0, 0.1) is 0 Å². The van der Waals surface area contributed by atoms with Gasteiger partial charge in [-0.3, -0.25) is 0 Å². The molecule has 0 saturated carbocycles. The number of para-hydroxylation sites is 3. The minimum atomic E-state index is -0.847. The van der Waals surface area contributed by atoms with Crippen molar-refractivity contribution < 1.29 is 14.2 Å². The van der Waals surface area contributed by atoms with E-state index in [1.807, 2.05) is 87.9 Å². The predicted octanol–water partition coefficient (Wildman–Crippen LogP) is 5.92. The molecule has 0 N–H and O–H groups in total. The lowest BCUT2D eigenvalue weighted by Gasteiger charge is -2.39. The van der Waals surface area contributed by atoms with Crippen molar-refractivity contribution >= 4 is 0 Å². The van der Waals surface area contributed by atoms with Gasteiger partial charge in [-0.1, -0.05) is 54.6 Å². The monoisotopic (exact) mass is 442 g/mol. The van der Waals surface area contributed by atoms with E-state index in [-0.39, 0.29) is 0 Å². The minimum absolute atomic E-state index is 0.553. The molecule has 0 fully saturated rings. The van der Waals surface area contributed by atoms with Gasteiger partial charge in [0.1, 0.15) is 22.8 Å². The molecule has 0 aliphatic rings. The second-order valence-corrected chi connectivity index (χ2v) is 7.47. The Balaban J connectivity index is 2.19. The van der Waals surface area contributed by atoms with Gasteiger partial charge in [-0.05, 0) is 39.0 Å². The first kappa shape index (κ1) is 22.5. The third-order valence-corrected chi connectivity index (χ3v) is 5.62. The lowest BCUT2D eigenvalue weighted by atomic mass is 9.75. The molecular formula is C28H30N2O3. The summed E-state index contributed by atoms with van der Waals surface area (Å²) in [7, 11) is 0. The van der Waals surface area contributed by atoms with Crippen LogP contribution in [0.3, 0.4) is 0 Å². The fourth-order valence-corrected chi connectivity index (χ4v) is 4.45. The van der Waals surface area contributed by atoms with Crippen LogP contribution in [0.2, 0.25) is 0 Å². The molecule has 1 heterocycles. The predicted molar refractivity (Wildman–Crippen MR) is 130 cm³/mol. The molecule has 33 heavy (non-hydrogen) atoms. The van der Waals surface area contributed by atoms with Gasteiger partial charge < -0.3 is 18.8 Å². The van der Waals surface area contributed by atoms with E-state index < -0.39 is 5.54 Å². The number of benzene rings is 3. The van der Waals surface area contributed by atoms with Crippen molar-refractivity contribution in [3.63, 3.8) is 0 Å². The molecule has 4 rings (SSSR count). The molecule has 0 atom stereocenters. The van der Waals surface area contributed by atoms with Gasteiger partial charge in [0.25, 0.3) is 0 Å². The van der Waals surface area contributed by atoms with Crippen LogP contribution in [0.25, 0.3) is 0 Å². The van der Waals surface area contributed by atoms with Gasteiger partial charge in [0.05, 0.1) is 26.1 Å². The molecule has 0 saturated heterocycles. The maximum Gasteiger partial charge on any atom is 0.132 e. The molecule has 3 aromatic carbocycles. The van der Waals surface area contributed by atoms with Crippen LogP contribution in [0.1, 0.15) is 37.5 Å². The highest BCUT2D eigenvalue weighted by Crippen LogP contribution is 2.50. The van der Waals surface area contributed by atoms with Gasteiger partial charge in [-0.15, -0.1) is 0 Å². The molecule has 0 aliphatic heterocycles. The minimum Gasteiger partial charge on any atom is -0.493 e. The summed E-state index contributed by atoms with van der Waals surface area (Å²) in [4.78, 5) is 4.43. The molecule has 0 aliphatic carbocycles. The van der Waals surface area contributed by atoms with Gasteiger partial charge in [-0.2, -0.15) is 0 Å². The summed E-state index contributed by atoms with van der Waals surface area (Å²) in [5.41, 5.74) is 2.08. The van der Waals surface area contributed by atoms with Crippen LogP contribution < -0.4 is 14.2 Å². The Bertz CT molecular complexity index is 1050. The van der Waals surface area contributed by atoms with Crippen molar-refractivity contribution in [3.8, 4) is 17.2 Å². The van der Waals surface area contributed by atoms with Crippen molar-refractivity contribution in [1.29, 1.82) is 0 Å².